The molecule has 0 bridgehead atoms. The maximum atomic E-state index is 12.8. The molecule has 0 aliphatic heterocycles. The van der Waals surface area contributed by atoms with Crippen molar-refractivity contribution < 1.29 is 42.1 Å². The Morgan fingerprint density at radius 3 is 1.27 bits per heavy atom. The van der Waals surface area contributed by atoms with Gasteiger partial charge in [-0.25, -0.2) is 0 Å². The smallest absolute Gasteiger partial charge is 0.306 e. The van der Waals surface area contributed by atoms with Crippen LogP contribution in [0, 0.1) is 0 Å². The number of phosphoric acid groups is 1. The maximum absolute atomic E-state index is 12.8. The van der Waals surface area contributed by atoms with Crippen LogP contribution >= 0.6 is 7.82 Å². The molecule has 0 aliphatic rings. The van der Waals surface area contributed by atoms with Crippen molar-refractivity contribution in [3.8, 4) is 0 Å². The van der Waals surface area contributed by atoms with Gasteiger partial charge in [0.2, 0.25) is 0 Å². The minimum Gasteiger partial charge on any atom is -0.756 e. The zero-order chi connectivity index (χ0) is 49.2. The molecular formula is C57H98NO8P. The first-order chi connectivity index (χ1) is 32.5. The van der Waals surface area contributed by atoms with Crippen molar-refractivity contribution in [3.63, 3.8) is 0 Å². The number of hydrogen-bond donors (Lipinski definition) is 0. The van der Waals surface area contributed by atoms with Crippen molar-refractivity contribution in [1.82, 2.24) is 0 Å². The van der Waals surface area contributed by atoms with E-state index in [1.165, 1.54) is 57.8 Å². The number of esters is 2. The fraction of sp³-hybridized carbons (Fsp3) is 0.684. The third-order valence-corrected chi connectivity index (χ3v) is 11.8. The largest absolute Gasteiger partial charge is 0.756 e. The summed E-state index contributed by atoms with van der Waals surface area (Å²) in [5.74, 6) is -0.865. The highest BCUT2D eigenvalue weighted by Crippen LogP contribution is 2.38. The molecule has 0 saturated carbocycles. The van der Waals surface area contributed by atoms with Crippen molar-refractivity contribution in [1.29, 1.82) is 0 Å². The number of unbranched alkanes of at least 4 members (excludes halogenated alkanes) is 17. The number of phosphoric ester groups is 1. The van der Waals surface area contributed by atoms with Crippen molar-refractivity contribution in [3.05, 3.63) is 97.2 Å². The summed E-state index contributed by atoms with van der Waals surface area (Å²) >= 11 is 0. The van der Waals surface area contributed by atoms with Crippen LogP contribution in [0.25, 0.3) is 0 Å². The van der Waals surface area contributed by atoms with E-state index >= 15 is 0 Å². The fourth-order valence-electron chi connectivity index (χ4n) is 6.75. The highest BCUT2D eigenvalue weighted by molar-refractivity contribution is 7.45. The standard InChI is InChI=1S/C57H98NO8P/c1-6-8-10-12-14-16-18-20-22-24-25-26-27-28-29-30-31-32-33-34-36-38-40-42-44-46-48-50-57(60)66-55(54-65-67(61,62)64-52-51-58(3,4)5)53-63-56(59)49-47-45-43-41-39-37-35-23-21-19-17-15-13-11-9-7-2/h8,10,14,16-17,19-20,22-23,25-26,28-29,31-32,35,55H,6-7,9,11-13,15,18,21,24,27,30,33-34,36-54H2,1-5H3/b10-8-,16-14-,19-17-,22-20-,26-25-,29-28-,32-31-,35-23-. The van der Waals surface area contributed by atoms with E-state index in [4.69, 9.17) is 18.5 Å². The summed E-state index contributed by atoms with van der Waals surface area (Å²) in [5, 5.41) is 0. The Morgan fingerprint density at radius 1 is 0.478 bits per heavy atom. The van der Waals surface area contributed by atoms with Gasteiger partial charge in [-0.3, -0.25) is 14.2 Å². The number of carbonyl (C=O) groups is 2. The van der Waals surface area contributed by atoms with Gasteiger partial charge in [0.05, 0.1) is 27.7 Å². The molecule has 0 radical (unpaired) electrons. The summed E-state index contributed by atoms with van der Waals surface area (Å²) in [7, 11) is 1.14. The second-order valence-electron chi connectivity index (χ2n) is 18.5. The molecule has 0 amide bonds. The minimum atomic E-state index is -4.64. The monoisotopic (exact) mass is 956 g/mol. The van der Waals surface area contributed by atoms with E-state index in [2.05, 4.69) is 111 Å². The Kier molecular flexibility index (Phi) is 45.8. The van der Waals surface area contributed by atoms with Gasteiger partial charge in [0.25, 0.3) is 7.82 Å². The van der Waals surface area contributed by atoms with Crippen molar-refractivity contribution in [2.45, 2.75) is 206 Å². The van der Waals surface area contributed by atoms with Crippen LogP contribution in [0.3, 0.4) is 0 Å². The van der Waals surface area contributed by atoms with Crippen molar-refractivity contribution in [2.75, 3.05) is 47.5 Å². The zero-order valence-electron chi connectivity index (χ0n) is 43.3. The topological polar surface area (TPSA) is 111 Å². The first-order valence-corrected chi connectivity index (χ1v) is 27.9. The molecule has 0 rings (SSSR count). The van der Waals surface area contributed by atoms with E-state index in [1.54, 1.807) is 0 Å². The molecule has 0 aromatic carbocycles. The highest BCUT2D eigenvalue weighted by atomic mass is 31.2. The Bertz CT molecular complexity index is 1450. The summed E-state index contributed by atoms with van der Waals surface area (Å²) in [6.45, 7) is 4.06. The number of nitrogens with zero attached hydrogens (tertiary/aromatic N) is 1. The average molecular weight is 956 g/mol. The van der Waals surface area contributed by atoms with Gasteiger partial charge in [-0.1, -0.05) is 188 Å². The van der Waals surface area contributed by atoms with E-state index in [9.17, 15) is 19.0 Å². The zero-order valence-corrected chi connectivity index (χ0v) is 44.2. The summed E-state index contributed by atoms with van der Waals surface area (Å²) in [6.07, 6.45) is 64.3. The Hall–Kier alpha value is -3.07. The van der Waals surface area contributed by atoms with Crippen LogP contribution in [0.5, 0.6) is 0 Å². The predicted molar refractivity (Wildman–Crippen MR) is 282 cm³/mol. The van der Waals surface area contributed by atoms with Gasteiger partial charge >= 0.3 is 11.9 Å². The van der Waals surface area contributed by atoms with Gasteiger partial charge in [-0.05, 0) is 96.3 Å². The molecule has 0 saturated heterocycles. The van der Waals surface area contributed by atoms with Crippen LogP contribution < -0.4 is 4.89 Å². The Labute approximate surface area is 411 Å². The van der Waals surface area contributed by atoms with E-state index in [0.29, 0.717) is 23.9 Å². The van der Waals surface area contributed by atoms with Gasteiger partial charge in [0, 0.05) is 12.8 Å². The molecule has 0 aliphatic carbocycles. The average Bonchev–Trinajstić information content (AvgIpc) is 3.29. The Balaban J connectivity index is 4.27. The minimum absolute atomic E-state index is 0.0400. The molecule has 0 heterocycles. The number of rotatable bonds is 47. The van der Waals surface area contributed by atoms with Crippen LogP contribution in [-0.4, -0.2) is 70.0 Å². The van der Waals surface area contributed by atoms with Crippen molar-refractivity contribution >= 4 is 19.8 Å². The SMILES string of the molecule is CC/C=C\C/C=C\C/C=C\C/C=C\C/C=C\C/C=C\CCCCCCCCCCC(=O)OC(COC(=O)CCCCCCC/C=C\C/C=C\CCCCCC)COP(=O)([O-])OCC[N+](C)(C)C. The van der Waals surface area contributed by atoms with Crippen molar-refractivity contribution in [2.24, 2.45) is 0 Å². The molecule has 10 heteroatoms. The quantitative estimate of drug-likeness (QED) is 0.0195. The molecule has 67 heavy (non-hydrogen) atoms. The molecule has 2 unspecified atom stereocenters. The molecule has 0 N–H and O–H groups in total. The molecule has 0 spiro atoms. The van der Waals surface area contributed by atoms with E-state index < -0.39 is 32.5 Å². The van der Waals surface area contributed by atoms with Crippen LogP contribution in [0.15, 0.2) is 97.2 Å². The molecular weight excluding hydrogens is 858 g/mol. The lowest BCUT2D eigenvalue weighted by Gasteiger charge is -2.28. The highest BCUT2D eigenvalue weighted by Gasteiger charge is 2.21. The summed E-state index contributed by atoms with van der Waals surface area (Å²) in [6, 6.07) is 0. The summed E-state index contributed by atoms with van der Waals surface area (Å²) in [4.78, 5) is 37.7. The number of quaternary nitrogens is 1. The third-order valence-electron chi connectivity index (χ3n) is 10.8. The molecule has 0 aromatic rings. The second kappa shape index (κ2) is 48.0. The number of likely N-dealkylation sites (N-methyl/N-ethyl adjacent to an activating group) is 1. The summed E-state index contributed by atoms with van der Waals surface area (Å²) < 4.78 is 34.0. The van der Waals surface area contributed by atoms with Crippen LogP contribution in [0.2, 0.25) is 0 Å². The first-order valence-electron chi connectivity index (χ1n) is 26.4. The predicted octanol–water partition coefficient (Wildman–Crippen LogP) is 15.5. The van der Waals surface area contributed by atoms with Gasteiger partial charge in [-0.15, -0.1) is 0 Å². The third kappa shape index (κ3) is 52.2. The van der Waals surface area contributed by atoms with Crippen LogP contribution in [0.1, 0.15) is 200 Å². The first kappa shape index (κ1) is 63.9. The number of carbonyl (C=O) groups excluding carboxylic acids is 2. The van der Waals surface area contributed by atoms with Crippen LogP contribution in [0.4, 0.5) is 0 Å². The van der Waals surface area contributed by atoms with Gasteiger partial charge in [-0.2, -0.15) is 0 Å². The lowest BCUT2D eigenvalue weighted by Crippen LogP contribution is -2.37. The van der Waals surface area contributed by atoms with Crippen LogP contribution in [-0.2, 0) is 32.7 Å². The summed E-state index contributed by atoms with van der Waals surface area (Å²) in [5.41, 5.74) is 0. The number of allylic oxidation sites excluding steroid dienone is 16. The number of ether oxygens (including phenoxy) is 2. The second-order valence-corrected chi connectivity index (χ2v) is 19.9. The molecule has 9 nitrogen and oxygen atoms in total. The molecule has 0 fully saturated rings. The van der Waals surface area contributed by atoms with Gasteiger partial charge in [0.1, 0.15) is 19.8 Å². The maximum Gasteiger partial charge on any atom is 0.306 e. The fourth-order valence-corrected chi connectivity index (χ4v) is 7.48. The lowest BCUT2D eigenvalue weighted by atomic mass is 10.1. The lowest BCUT2D eigenvalue weighted by molar-refractivity contribution is -0.870. The van der Waals surface area contributed by atoms with Gasteiger partial charge in [0.15, 0.2) is 6.10 Å². The Morgan fingerprint density at radius 2 is 0.851 bits per heavy atom. The molecule has 384 valence electrons. The van der Waals surface area contributed by atoms with E-state index in [0.717, 1.165) is 103 Å². The van der Waals surface area contributed by atoms with E-state index in [-0.39, 0.29) is 26.1 Å². The normalized spacial score (nSPS) is 14.2. The molecule has 2 atom stereocenters. The van der Waals surface area contributed by atoms with E-state index in [1.807, 2.05) is 21.1 Å². The number of hydrogen-bond acceptors (Lipinski definition) is 8. The van der Waals surface area contributed by atoms with Gasteiger partial charge < -0.3 is 27.9 Å². The molecule has 0 aromatic heterocycles.